The van der Waals surface area contributed by atoms with Gasteiger partial charge in [-0.05, 0) is 59.1 Å². The molecule has 106 valence electrons. The van der Waals surface area contributed by atoms with Gasteiger partial charge in [0.25, 0.3) is 0 Å². The highest BCUT2D eigenvalue weighted by Crippen LogP contribution is 2.27. The Bertz CT molecular complexity index is 569. The van der Waals surface area contributed by atoms with Crippen molar-refractivity contribution in [3.63, 3.8) is 0 Å². The maximum atomic E-state index is 12.4. The number of aryl methyl sites for hydroxylation is 1. The summed E-state index contributed by atoms with van der Waals surface area (Å²) in [7, 11) is -3.49. The van der Waals surface area contributed by atoms with E-state index in [2.05, 4.69) is 20.7 Å². The third kappa shape index (κ3) is 3.65. The number of sulfonamides is 1. The normalized spacial score (nSPS) is 20.4. The molecule has 0 aromatic heterocycles. The summed E-state index contributed by atoms with van der Waals surface area (Å²) in [4.78, 5) is 0.267. The van der Waals surface area contributed by atoms with Gasteiger partial charge in [-0.2, -0.15) is 11.8 Å². The van der Waals surface area contributed by atoms with Crippen LogP contribution in [0.25, 0.3) is 0 Å². The lowest BCUT2D eigenvalue weighted by molar-refractivity contribution is 0.542. The summed E-state index contributed by atoms with van der Waals surface area (Å²) in [5, 5.41) is 0. The number of nitrogens with two attached hydrogens (primary N) is 1. The molecule has 1 atom stereocenters. The number of anilines is 1. The molecule has 0 amide bonds. The maximum Gasteiger partial charge on any atom is 0.241 e. The lowest BCUT2D eigenvalue weighted by Crippen LogP contribution is -2.38. The van der Waals surface area contributed by atoms with Crippen molar-refractivity contribution in [2.75, 3.05) is 17.2 Å². The Balaban J connectivity index is 2.26. The summed E-state index contributed by atoms with van der Waals surface area (Å²) in [6.45, 7) is 1.77. The second-order valence-corrected chi connectivity index (χ2v) is 8.36. The van der Waals surface area contributed by atoms with Gasteiger partial charge in [0.1, 0.15) is 0 Å². The second-order valence-electron chi connectivity index (χ2n) is 4.67. The predicted octanol–water partition coefficient (Wildman–Crippen LogP) is 2.51. The molecule has 1 aliphatic rings. The van der Waals surface area contributed by atoms with Crippen molar-refractivity contribution in [3.05, 3.63) is 22.2 Å². The first-order valence-electron chi connectivity index (χ1n) is 6.06. The summed E-state index contributed by atoms with van der Waals surface area (Å²) in [5.74, 6) is 1.95. The van der Waals surface area contributed by atoms with Gasteiger partial charge in [0.05, 0.1) is 4.90 Å². The largest absolute Gasteiger partial charge is 0.398 e. The Hall–Kier alpha value is -0.240. The van der Waals surface area contributed by atoms with Crippen molar-refractivity contribution >= 4 is 43.4 Å². The van der Waals surface area contributed by atoms with Gasteiger partial charge in [0, 0.05) is 22.0 Å². The molecule has 1 aromatic rings. The monoisotopic (exact) mass is 364 g/mol. The van der Waals surface area contributed by atoms with Gasteiger partial charge >= 0.3 is 0 Å². The van der Waals surface area contributed by atoms with Gasteiger partial charge in [-0.3, -0.25) is 0 Å². The molecular formula is C12H17BrN2O2S2. The molecule has 0 aliphatic carbocycles. The number of nitrogens with one attached hydrogen (secondary N) is 1. The minimum atomic E-state index is -3.49. The quantitative estimate of drug-likeness (QED) is 0.808. The Morgan fingerprint density at radius 3 is 2.84 bits per heavy atom. The van der Waals surface area contributed by atoms with Crippen LogP contribution in [-0.4, -0.2) is 26.0 Å². The molecule has 1 saturated heterocycles. The summed E-state index contributed by atoms with van der Waals surface area (Å²) in [5.41, 5.74) is 6.90. The van der Waals surface area contributed by atoms with Crippen LogP contribution in [0, 0.1) is 6.92 Å². The maximum absolute atomic E-state index is 12.4. The van der Waals surface area contributed by atoms with E-state index < -0.39 is 10.0 Å². The summed E-state index contributed by atoms with van der Waals surface area (Å²) in [6, 6.07) is 3.27. The molecule has 2 rings (SSSR count). The van der Waals surface area contributed by atoms with E-state index in [9.17, 15) is 8.42 Å². The van der Waals surface area contributed by atoms with Crippen molar-refractivity contribution in [1.29, 1.82) is 0 Å². The van der Waals surface area contributed by atoms with Crippen LogP contribution in [0.1, 0.15) is 18.4 Å². The topological polar surface area (TPSA) is 72.2 Å². The molecule has 4 nitrogen and oxygen atoms in total. The van der Waals surface area contributed by atoms with Gasteiger partial charge < -0.3 is 5.73 Å². The van der Waals surface area contributed by atoms with Gasteiger partial charge in [-0.25, -0.2) is 13.1 Å². The number of nitrogen functional groups attached to an aromatic ring is 1. The average molecular weight is 365 g/mol. The Kier molecular flexibility index (Phi) is 4.81. The smallest absolute Gasteiger partial charge is 0.241 e. The number of hydrogen-bond acceptors (Lipinski definition) is 4. The standard InChI is InChI=1S/C12H17BrN2O2S2/c1-8-5-10(13)11(14)6-12(8)19(16,17)15-9-3-2-4-18-7-9/h5-6,9,15H,2-4,7,14H2,1H3. The molecule has 0 saturated carbocycles. The van der Waals surface area contributed by atoms with Gasteiger partial charge in [-0.1, -0.05) is 0 Å². The molecule has 1 aromatic carbocycles. The highest BCUT2D eigenvalue weighted by atomic mass is 79.9. The fourth-order valence-corrected chi connectivity index (χ4v) is 5.24. The number of thioether (sulfide) groups is 1. The van der Waals surface area contributed by atoms with E-state index in [1.807, 2.05) is 0 Å². The van der Waals surface area contributed by atoms with E-state index in [1.54, 1.807) is 24.8 Å². The van der Waals surface area contributed by atoms with E-state index in [1.165, 1.54) is 6.07 Å². The van der Waals surface area contributed by atoms with E-state index in [0.29, 0.717) is 11.3 Å². The second kappa shape index (κ2) is 6.03. The van der Waals surface area contributed by atoms with E-state index in [0.717, 1.165) is 28.8 Å². The summed E-state index contributed by atoms with van der Waals surface area (Å²) in [6.07, 6.45) is 1.95. The van der Waals surface area contributed by atoms with Crippen LogP contribution < -0.4 is 10.5 Å². The van der Waals surface area contributed by atoms with Crippen LogP contribution in [0.4, 0.5) is 5.69 Å². The molecule has 19 heavy (non-hydrogen) atoms. The van der Waals surface area contributed by atoms with E-state index in [4.69, 9.17) is 5.73 Å². The zero-order valence-corrected chi connectivity index (χ0v) is 13.9. The molecule has 0 bridgehead atoms. The van der Waals surface area contributed by atoms with Crippen molar-refractivity contribution in [2.45, 2.75) is 30.7 Å². The minimum absolute atomic E-state index is 0.0213. The highest BCUT2D eigenvalue weighted by Gasteiger charge is 2.24. The number of rotatable bonds is 3. The fourth-order valence-electron chi connectivity index (χ4n) is 2.07. The van der Waals surface area contributed by atoms with Gasteiger partial charge in [0.2, 0.25) is 10.0 Å². The highest BCUT2D eigenvalue weighted by molar-refractivity contribution is 9.10. The molecule has 7 heteroatoms. The number of benzene rings is 1. The van der Waals surface area contributed by atoms with Crippen molar-refractivity contribution in [1.82, 2.24) is 4.72 Å². The lowest BCUT2D eigenvalue weighted by Gasteiger charge is -2.23. The van der Waals surface area contributed by atoms with Crippen LogP contribution in [-0.2, 0) is 10.0 Å². The van der Waals surface area contributed by atoms with E-state index >= 15 is 0 Å². The fraction of sp³-hybridized carbons (Fsp3) is 0.500. The SMILES string of the molecule is Cc1cc(Br)c(N)cc1S(=O)(=O)NC1CCCSC1. The molecule has 1 unspecified atom stereocenters. The molecule has 0 spiro atoms. The first-order valence-corrected chi connectivity index (χ1v) is 9.49. The molecule has 1 fully saturated rings. The third-order valence-corrected chi connectivity index (χ3v) is 6.63. The zero-order chi connectivity index (χ0) is 14.0. The van der Waals surface area contributed by atoms with Crippen molar-refractivity contribution in [2.24, 2.45) is 0 Å². The van der Waals surface area contributed by atoms with Crippen LogP contribution in [0.5, 0.6) is 0 Å². The minimum Gasteiger partial charge on any atom is -0.398 e. The van der Waals surface area contributed by atoms with Crippen molar-refractivity contribution < 1.29 is 8.42 Å². The van der Waals surface area contributed by atoms with Gasteiger partial charge in [0.15, 0.2) is 0 Å². The van der Waals surface area contributed by atoms with Crippen molar-refractivity contribution in [3.8, 4) is 0 Å². The first kappa shape index (κ1) is 15.2. The Labute approximate surface area is 126 Å². The Morgan fingerprint density at radius 2 is 2.21 bits per heavy atom. The average Bonchev–Trinajstić information content (AvgIpc) is 2.34. The van der Waals surface area contributed by atoms with Crippen LogP contribution in [0.15, 0.2) is 21.5 Å². The first-order chi connectivity index (χ1) is 8.90. The van der Waals surface area contributed by atoms with Crippen LogP contribution in [0.3, 0.4) is 0 Å². The van der Waals surface area contributed by atoms with Gasteiger partial charge in [-0.15, -0.1) is 0 Å². The molecule has 3 N–H and O–H groups in total. The summed E-state index contributed by atoms with van der Waals surface area (Å²) >= 11 is 5.09. The Morgan fingerprint density at radius 1 is 1.47 bits per heavy atom. The number of hydrogen-bond donors (Lipinski definition) is 2. The molecule has 1 heterocycles. The molecule has 0 radical (unpaired) electrons. The number of halogens is 1. The molecule has 1 aliphatic heterocycles. The van der Waals surface area contributed by atoms with E-state index in [-0.39, 0.29) is 10.9 Å². The van der Waals surface area contributed by atoms with Crippen LogP contribution in [0.2, 0.25) is 0 Å². The summed E-state index contributed by atoms with van der Waals surface area (Å²) < 4.78 is 28.3. The zero-order valence-electron chi connectivity index (χ0n) is 10.6. The molecular weight excluding hydrogens is 348 g/mol. The lowest BCUT2D eigenvalue weighted by atomic mass is 10.2. The third-order valence-electron chi connectivity index (χ3n) is 3.07. The predicted molar refractivity (Wildman–Crippen MR) is 84.0 cm³/mol. The van der Waals surface area contributed by atoms with Crippen LogP contribution >= 0.6 is 27.7 Å².